The molecule has 1 heterocycles. The van der Waals surface area contributed by atoms with Crippen LogP contribution < -0.4 is 15.5 Å². The Bertz CT molecular complexity index is 1190. The van der Waals surface area contributed by atoms with Crippen molar-refractivity contribution in [3.63, 3.8) is 0 Å². The summed E-state index contributed by atoms with van der Waals surface area (Å²) >= 11 is 0. The average Bonchev–Trinajstić information content (AvgIpc) is 3.15. The van der Waals surface area contributed by atoms with Crippen LogP contribution in [0.5, 0.6) is 0 Å². The first-order valence-electron chi connectivity index (χ1n) is 10.8. The Morgan fingerprint density at radius 1 is 1.00 bits per heavy atom. The van der Waals surface area contributed by atoms with Crippen LogP contribution in [-0.2, 0) is 14.4 Å². The molecule has 1 aliphatic rings. The summed E-state index contributed by atoms with van der Waals surface area (Å²) in [5.74, 6) is -1.15. The van der Waals surface area contributed by atoms with E-state index in [0.717, 1.165) is 38.8 Å². The Morgan fingerprint density at radius 2 is 1.69 bits per heavy atom. The van der Waals surface area contributed by atoms with E-state index in [1.807, 2.05) is 75.4 Å². The lowest BCUT2D eigenvalue weighted by Gasteiger charge is -2.19. The zero-order valence-corrected chi connectivity index (χ0v) is 18.6. The smallest absolute Gasteiger partial charge is 0.243 e. The molecule has 0 aromatic heterocycles. The molecule has 2 N–H and O–H groups in total. The first-order chi connectivity index (χ1) is 15.3. The largest absolute Gasteiger partial charge is 0.347 e. The van der Waals surface area contributed by atoms with Crippen LogP contribution in [-0.4, -0.2) is 30.8 Å². The number of carbonyl (C=O) groups excluding carboxylic acids is 3. The molecule has 4 rings (SSSR count). The van der Waals surface area contributed by atoms with Crippen molar-refractivity contribution in [1.82, 2.24) is 5.32 Å². The Labute approximate surface area is 187 Å². The molecular weight excluding hydrogens is 402 g/mol. The maximum Gasteiger partial charge on any atom is 0.243 e. The monoisotopic (exact) mass is 429 g/mol. The molecule has 1 unspecified atom stereocenters. The van der Waals surface area contributed by atoms with Crippen molar-refractivity contribution in [2.24, 2.45) is 5.92 Å². The molecule has 6 nitrogen and oxygen atoms in total. The molecule has 164 valence electrons. The molecule has 3 aromatic rings. The van der Waals surface area contributed by atoms with Crippen molar-refractivity contribution < 1.29 is 14.4 Å². The topological polar surface area (TPSA) is 78.5 Å². The zero-order valence-electron chi connectivity index (χ0n) is 18.6. The van der Waals surface area contributed by atoms with Gasteiger partial charge in [0.15, 0.2) is 0 Å². The normalized spacial score (nSPS) is 15.8. The van der Waals surface area contributed by atoms with Gasteiger partial charge in [-0.3, -0.25) is 14.4 Å². The summed E-state index contributed by atoms with van der Waals surface area (Å²) in [4.78, 5) is 39.5. The van der Waals surface area contributed by atoms with Gasteiger partial charge in [-0.05, 0) is 43.4 Å². The number of aryl methyl sites for hydroxylation is 3. The fraction of sp³-hybridized carbons (Fsp3) is 0.269. The molecule has 1 fully saturated rings. The molecule has 0 bridgehead atoms. The van der Waals surface area contributed by atoms with Gasteiger partial charge in [-0.25, -0.2) is 0 Å². The van der Waals surface area contributed by atoms with E-state index in [2.05, 4.69) is 10.6 Å². The van der Waals surface area contributed by atoms with Gasteiger partial charge in [-0.15, -0.1) is 0 Å². The van der Waals surface area contributed by atoms with Crippen molar-refractivity contribution in [3.8, 4) is 0 Å². The molecule has 6 heteroatoms. The second-order valence-electron chi connectivity index (χ2n) is 8.44. The highest BCUT2D eigenvalue weighted by molar-refractivity contribution is 6.07. The van der Waals surface area contributed by atoms with Gasteiger partial charge in [0.1, 0.15) is 0 Å². The average molecular weight is 430 g/mol. The third-order valence-electron chi connectivity index (χ3n) is 5.92. The second-order valence-corrected chi connectivity index (χ2v) is 8.44. The fourth-order valence-electron chi connectivity index (χ4n) is 4.43. The van der Waals surface area contributed by atoms with Crippen molar-refractivity contribution >= 4 is 39.9 Å². The summed E-state index contributed by atoms with van der Waals surface area (Å²) in [5.41, 5.74) is 4.68. The van der Waals surface area contributed by atoms with Gasteiger partial charge in [0.2, 0.25) is 17.7 Å². The predicted octanol–water partition coefficient (Wildman–Crippen LogP) is 3.87. The molecule has 1 saturated heterocycles. The first kappa shape index (κ1) is 21.6. The molecule has 32 heavy (non-hydrogen) atoms. The SMILES string of the molecule is Cc1cc(C)c(NC(=O)CNC(=O)C2CC(=O)N(c3cccc4ccccc34)C2)c(C)c1. The van der Waals surface area contributed by atoms with Gasteiger partial charge in [-0.1, -0.05) is 54.1 Å². The van der Waals surface area contributed by atoms with Crippen LogP contribution >= 0.6 is 0 Å². The van der Waals surface area contributed by atoms with Gasteiger partial charge < -0.3 is 15.5 Å². The first-order valence-corrected chi connectivity index (χ1v) is 10.8. The van der Waals surface area contributed by atoms with Gasteiger partial charge in [0.25, 0.3) is 0 Å². The maximum atomic E-state index is 12.7. The molecule has 0 radical (unpaired) electrons. The number of rotatable bonds is 5. The van der Waals surface area contributed by atoms with Gasteiger partial charge in [0, 0.05) is 24.0 Å². The molecule has 0 aliphatic carbocycles. The third kappa shape index (κ3) is 4.35. The summed E-state index contributed by atoms with van der Waals surface area (Å²) < 4.78 is 0. The number of hydrogen-bond acceptors (Lipinski definition) is 3. The lowest BCUT2D eigenvalue weighted by atomic mass is 10.1. The van der Waals surface area contributed by atoms with E-state index in [4.69, 9.17) is 0 Å². The van der Waals surface area contributed by atoms with E-state index >= 15 is 0 Å². The number of nitrogens with one attached hydrogen (secondary N) is 2. The number of nitrogens with zero attached hydrogens (tertiary/aromatic N) is 1. The quantitative estimate of drug-likeness (QED) is 0.646. The van der Waals surface area contributed by atoms with E-state index < -0.39 is 5.92 Å². The van der Waals surface area contributed by atoms with Gasteiger partial charge >= 0.3 is 0 Å². The van der Waals surface area contributed by atoms with Crippen molar-refractivity contribution in [3.05, 3.63) is 71.3 Å². The van der Waals surface area contributed by atoms with E-state index in [-0.39, 0.29) is 30.7 Å². The predicted molar refractivity (Wildman–Crippen MR) is 127 cm³/mol. The maximum absolute atomic E-state index is 12.7. The molecule has 3 aromatic carbocycles. The van der Waals surface area contributed by atoms with E-state index in [9.17, 15) is 14.4 Å². The number of benzene rings is 3. The van der Waals surface area contributed by atoms with Crippen LogP contribution in [0.1, 0.15) is 23.1 Å². The van der Waals surface area contributed by atoms with Crippen LogP contribution in [0.4, 0.5) is 11.4 Å². The van der Waals surface area contributed by atoms with E-state index in [0.29, 0.717) is 6.54 Å². The second kappa shape index (κ2) is 8.83. The zero-order chi connectivity index (χ0) is 22.8. The van der Waals surface area contributed by atoms with Crippen LogP contribution in [0.3, 0.4) is 0 Å². The molecule has 0 saturated carbocycles. The minimum Gasteiger partial charge on any atom is -0.347 e. The highest BCUT2D eigenvalue weighted by atomic mass is 16.2. The number of fused-ring (bicyclic) bond motifs is 1. The molecule has 1 atom stereocenters. The lowest BCUT2D eigenvalue weighted by molar-refractivity contribution is -0.127. The Morgan fingerprint density at radius 3 is 2.44 bits per heavy atom. The van der Waals surface area contributed by atoms with Crippen molar-refractivity contribution in [1.29, 1.82) is 0 Å². The van der Waals surface area contributed by atoms with Crippen LogP contribution in [0.2, 0.25) is 0 Å². The van der Waals surface area contributed by atoms with Crippen LogP contribution in [0, 0.1) is 26.7 Å². The third-order valence-corrected chi connectivity index (χ3v) is 5.92. The molecule has 0 spiro atoms. The summed E-state index contributed by atoms with van der Waals surface area (Å²) in [6, 6.07) is 17.7. The highest BCUT2D eigenvalue weighted by Gasteiger charge is 2.35. The summed E-state index contributed by atoms with van der Waals surface area (Å²) in [5, 5.41) is 7.60. The van der Waals surface area contributed by atoms with Gasteiger partial charge in [-0.2, -0.15) is 0 Å². The number of anilines is 2. The minimum absolute atomic E-state index is 0.0862. The summed E-state index contributed by atoms with van der Waals surface area (Å²) in [6.45, 7) is 6.07. The molecule has 3 amide bonds. The summed E-state index contributed by atoms with van der Waals surface area (Å²) in [7, 11) is 0. The standard InChI is InChI=1S/C26H27N3O3/c1-16-11-17(2)25(18(3)12-16)28-23(30)14-27-26(32)20-13-24(31)29(15-20)22-10-6-8-19-7-4-5-9-21(19)22/h4-12,20H,13-15H2,1-3H3,(H,27,32)(H,28,30). The number of carbonyl (C=O) groups is 3. The minimum atomic E-state index is -0.489. The lowest BCUT2D eigenvalue weighted by Crippen LogP contribution is -2.38. The fourth-order valence-corrected chi connectivity index (χ4v) is 4.43. The van der Waals surface area contributed by atoms with Crippen LogP contribution in [0.25, 0.3) is 10.8 Å². The Hall–Kier alpha value is -3.67. The van der Waals surface area contributed by atoms with E-state index in [1.54, 1.807) is 4.90 Å². The number of hydrogen-bond donors (Lipinski definition) is 2. The Kier molecular flexibility index (Phi) is 5.95. The van der Waals surface area contributed by atoms with E-state index in [1.165, 1.54) is 0 Å². The number of amides is 3. The van der Waals surface area contributed by atoms with Crippen molar-refractivity contribution in [2.75, 3.05) is 23.3 Å². The van der Waals surface area contributed by atoms with Crippen LogP contribution in [0.15, 0.2) is 54.6 Å². The van der Waals surface area contributed by atoms with Gasteiger partial charge in [0.05, 0.1) is 18.2 Å². The molecular formula is C26H27N3O3. The Balaban J connectivity index is 1.39. The summed E-state index contributed by atoms with van der Waals surface area (Å²) in [6.07, 6.45) is 0.132. The highest BCUT2D eigenvalue weighted by Crippen LogP contribution is 2.31. The van der Waals surface area contributed by atoms with Crippen molar-refractivity contribution in [2.45, 2.75) is 27.2 Å². The molecule has 1 aliphatic heterocycles.